The SMILES string of the molecule is CCC1OCCC1CNC(=O)c1cc(F)c(NC)c(F)c1. The van der Waals surface area contributed by atoms with Crippen molar-refractivity contribution in [2.75, 3.05) is 25.5 Å². The molecule has 4 nitrogen and oxygen atoms in total. The zero-order valence-corrected chi connectivity index (χ0v) is 12.2. The van der Waals surface area contributed by atoms with Crippen LogP contribution in [0.4, 0.5) is 14.5 Å². The van der Waals surface area contributed by atoms with Crippen LogP contribution in [0.5, 0.6) is 0 Å². The molecule has 1 fully saturated rings. The summed E-state index contributed by atoms with van der Waals surface area (Å²) in [6, 6.07) is 2.07. The number of nitrogens with one attached hydrogen (secondary N) is 2. The van der Waals surface area contributed by atoms with Crippen LogP contribution in [0, 0.1) is 17.6 Å². The number of carbonyl (C=O) groups excluding carboxylic acids is 1. The summed E-state index contributed by atoms with van der Waals surface area (Å²) in [6.07, 6.45) is 1.92. The van der Waals surface area contributed by atoms with Gasteiger partial charge in [0.15, 0.2) is 0 Å². The number of amides is 1. The second-order valence-electron chi connectivity index (χ2n) is 5.14. The Hall–Kier alpha value is -1.69. The van der Waals surface area contributed by atoms with Crippen LogP contribution in [0.15, 0.2) is 12.1 Å². The van der Waals surface area contributed by atoms with Crippen LogP contribution in [0.1, 0.15) is 30.1 Å². The fourth-order valence-corrected chi connectivity index (χ4v) is 2.65. The molecule has 1 heterocycles. The van der Waals surface area contributed by atoms with Crippen molar-refractivity contribution in [1.82, 2.24) is 5.32 Å². The maximum Gasteiger partial charge on any atom is 0.251 e. The van der Waals surface area contributed by atoms with Crippen molar-refractivity contribution in [1.29, 1.82) is 0 Å². The number of halogens is 2. The van der Waals surface area contributed by atoms with Crippen LogP contribution in [0.3, 0.4) is 0 Å². The van der Waals surface area contributed by atoms with E-state index in [1.807, 2.05) is 6.92 Å². The highest BCUT2D eigenvalue weighted by Gasteiger charge is 2.27. The molecule has 2 N–H and O–H groups in total. The van der Waals surface area contributed by atoms with Crippen LogP contribution >= 0.6 is 0 Å². The first kappa shape index (κ1) is 15.7. The van der Waals surface area contributed by atoms with Crippen molar-refractivity contribution in [3.05, 3.63) is 29.3 Å². The molecule has 21 heavy (non-hydrogen) atoms. The highest BCUT2D eigenvalue weighted by atomic mass is 19.1. The molecule has 0 radical (unpaired) electrons. The van der Waals surface area contributed by atoms with Gasteiger partial charge in [0.2, 0.25) is 0 Å². The third kappa shape index (κ3) is 3.50. The summed E-state index contributed by atoms with van der Waals surface area (Å²) < 4.78 is 32.8. The van der Waals surface area contributed by atoms with Gasteiger partial charge in [-0.1, -0.05) is 6.92 Å². The highest BCUT2D eigenvalue weighted by molar-refractivity contribution is 5.94. The maximum atomic E-state index is 13.6. The van der Waals surface area contributed by atoms with Gasteiger partial charge in [-0.05, 0) is 25.0 Å². The third-order valence-corrected chi connectivity index (χ3v) is 3.83. The van der Waals surface area contributed by atoms with E-state index < -0.39 is 17.5 Å². The quantitative estimate of drug-likeness (QED) is 0.878. The van der Waals surface area contributed by atoms with Gasteiger partial charge in [-0.3, -0.25) is 4.79 Å². The summed E-state index contributed by atoms with van der Waals surface area (Å²) in [4.78, 5) is 12.0. The molecule has 0 aliphatic carbocycles. The molecule has 1 aromatic rings. The summed E-state index contributed by atoms with van der Waals surface area (Å²) in [5, 5.41) is 5.15. The van der Waals surface area contributed by atoms with Crippen molar-refractivity contribution in [2.24, 2.45) is 5.92 Å². The lowest BCUT2D eigenvalue weighted by Crippen LogP contribution is -2.32. The topological polar surface area (TPSA) is 50.4 Å². The van der Waals surface area contributed by atoms with E-state index in [1.54, 1.807) is 0 Å². The van der Waals surface area contributed by atoms with Gasteiger partial charge in [0, 0.05) is 31.7 Å². The van der Waals surface area contributed by atoms with E-state index in [9.17, 15) is 13.6 Å². The summed E-state index contributed by atoms with van der Waals surface area (Å²) in [6.45, 7) is 3.18. The lowest BCUT2D eigenvalue weighted by atomic mass is 9.99. The predicted molar refractivity (Wildman–Crippen MR) is 76.4 cm³/mol. The minimum Gasteiger partial charge on any atom is -0.383 e. The molecule has 2 rings (SSSR count). The largest absolute Gasteiger partial charge is 0.383 e. The number of hydrogen-bond donors (Lipinski definition) is 2. The summed E-state index contributed by atoms with van der Waals surface area (Å²) >= 11 is 0. The molecule has 116 valence electrons. The summed E-state index contributed by atoms with van der Waals surface area (Å²) in [5.74, 6) is -1.78. The molecule has 0 aromatic heterocycles. The van der Waals surface area contributed by atoms with E-state index in [4.69, 9.17) is 4.74 Å². The number of carbonyl (C=O) groups is 1. The smallest absolute Gasteiger partial charge is 0.251 e. The van der Waals surface area contributed by atoms with E-state index in [2.05, 4.69) is 10.6 Å². The first-order valence-electron chi connectivity index (χ1n) is 7.13. The molecular formula is C15H20F2N2O2. The molecule has 2 atom stereocenters. The Bertz CT molecular complexity index is 499. The zero-order chi connectivity index (χ0) is 15.4. The molecule has 1 saturated heterocycles. The summed E-state index contributed by atoms with van der Waals surface area (Å²) in [7, 11) is 1.42. The number of anilines is 1. The van der Waals surface area contributed by atoms with Gasteiger partial charge in [0.05, 0.1) is 6.10 Å². The van der Waals surface area contributed by atoms with Gasteiger partial charge >= 0.3 is 0 Å². The monoisotopic (exact) mass is 298 g/mol. The number of ether oxygens (including phenoxy) is 1. The van der Waals surface area contributed by atoms with Crippen molar-refractivity contribution < 1.29 is 18.3 Å². The predicted octanol–water partition coefficient (Wildman–Crippen LogP) is 2.55. The lowest BCUT2D eigenvalue weighted by molar-refractivity contribution is 0.0826. The average Bonchev–Trinajstić information content (AvgIpc) is 2.91. The lowest BCUT2D eigenvalue weighted by Gasteiger charge is -2.17. The Morgan fingerprint density at radius 2 is 2.05 bits per heavy atom. The second kappa shape index (κ2) is 6.85. The highest BCUT2D eigenvalue weighted by Crippen LogP contribution is 2.23. The Kier molecular flexibility index (Phi) is 5.12. The number of benzene rings is 1. The molecule has 1 aliphatic heterocycles. The molecule has 2 unspecified atom stereocenters. The Labute approximate surface area is 122 Å². The number of hydrogen-bond acceptors (Lipinski definition) is 3. The second-order valence-corrected chi connectivity index (χ2v) is 5.14. The third-order valence-electron chi connectivity index (χ3n) is 3.83. The van der Waals surface area contributed by atoms with Gasteiger partial charge in [-0.15, -0.1) is 0 Å². The molecule has 0 bridgehead atoms. The van der Waals surface area contributed by atoms with Gasteiger partial charge < -0.3 is 15.4 Å². The molecule has 0 saturated carbocycles. The summed E-state index contributed by atoms with van der Waals surface area (Å²) in [5.41, 5.74) is -0.252. The zero-order valence-electron chi connectivity index (χ0n) is 12.2. The van der Waals surface area contributed by atoms with E-state index in [1.165, 1.54) is 7.05 Å². The first-order valence-corrected chi connectivity index (χ1v) is 7.13. The van der Waals surface area contributed by atoms with Gasteiger partial charge in [-0.25, -0.2) is 8.78 Å². The van der Waals surface area contributed by atoms with E-state index >= 15 is 0 Å². The minimum absolute atomic E-state index is 0.0176. The standard InChI is InChI=1S/C15H20F2N2O2/c1-3-13-9(4-5-21-13)8-19-15(20)10-6-11(16)14(18-2)12(17)7-10/h6-7,9,13,18H,3-5,8H2,1-2H3,(H,19,20). The van der Waals surface area contributed by atoms with Gasteiger partial charge in [0.25, 0.3) is 5.91 Å². The van der Waals surface area contributed by atoms with Crippen LogP contribution < -0.4 is 10.6 Å². The van der Waals surface area contributed by atoms with Crippen LogP contribution in [-0.2, 0) is 4.74 Å². The first-order chi connectivity index (χ1) is 10.1. The van der Waals surface area contributed by atoms with E-state index in [0.29, 0.717) is 13.2 Å². The van der Waals surface area contributed by atoms with Crippen molar-refractivity contribution in [3.63, 3.8) is 0 Å². The molecule has 1 aromatic carbocycles. The van der Waals surface area contributed by atoms with Crippen molar-refractivity contribution in [2.45, 2.75) is 25.9 Å². The average molecular weight is 298 g/mol. The van der Waals surface area contributed by atoms with Crippen molar-refractivity contribution in [3.8, 4) is 0 Å². The number of rotatable bonds is 5. The molecule has 6 heteroatoms. The Morgan fingerprint density at radius 3 is 2.62 bits per heavy atom. The fourth-order valence-electron chi connectivity index (χ4n) is 2.65. The van der Waals surface area contributed by atoms with Crippen LogP contribution in [0.2, 0.25) is 0 Å². The molecular weight excluding hydrogens is 278 g/mol. The molecule has 1 amide bonds. The van der Waals surface area contributed by atoms with Gasteiger partial charge in [0.1, 0.15) is 17.3 Å². The maximum absolute atomic E-state index is 13.6. The van der Waals surface area contributed by atoms with E-state index in [-0.39, 0.29) is 23.3 Å². The van der Waals surface area contributed by atoms with E-state index in [0.717, 1.165) is 25.0 Å². The Morgan fingerprint density at radius 1 is 1.38 bits per heavy atom. The fraction of sp³-hybridized carbons (Fsp3) is 0.533. The minimum atomic E-state index is -0.779. The van der Waals surface area contributed by atoms with Crippen LogP contribution in [-0.4, -0.2) is 32.2 Å². The van der Waals surface area contributed by atoms with Crippen LogP contribution in [0.25, 0.3) is 0 Å². The van der Waals surface area contributed by atoms with Crippen molar-refractivity contribution >= 4 is 11.6 Å². The molecule has 0 spiro atoms. The normalized spacial score (nSPS) is 21.3. The Balaban J connectivity index is 2.00. The molecule has 1 aliphatic rings. The van der Waals surface area contributed by atoms with Gasteiger partial charge in [-0.2, -0.15) is 0 Å².